The quantitative estimate of drug-likeness (QED) is 0.858. The molecule has 140 valence electrons. The van der Waals surface area contributed by atoms with E-state index in [2.05, 4.69) is 47.0 Å². The van der Waals surface area contributed by atoms with Gasteiger partial charge in [-0.05, 0) is 24.5 Å². The summed E-state index contributed by atoms with van der Waals surface area (Å²) in [5.74, 6) is 3.40. The van der Waals surface area contributed by atoms with Crippen LogP contribution < -0.4 is 10.2 Å². The van der Waals surface area contributed by atoms with Gasteiger partial charge in [-0.15, -0.1) is 0 Å². The molecule has 1 atom stereocenters. The Bertz CT molecular complexity index is 714. The summed E-state index contributed by atoms with van der Waals surface area (Å²) in [5.41, 5.74) is 0.857. The van der Waals surface area contributed by atoms with Crippen molar-refractivity contribution in [2.75, 3.05) is 37.0 Å². The number of nitrogens with one attached hydrogen (secondary N) is 1. The van der Waals surface area contributed by atoms with Gasteiger partial charge in [0.25, 0.3) is 0 Å². The van der Waals surface area contributed by atoms with Gasteiger partial charge in [-0.3, -0.25) is 0 Å². The molecule has 1 aliphatic heterocycles. The van der Waals surface area contributed by atoms with Gasteiger partial charge in [-0.2, -0.15) is 0 Å². The van der Waals surface area contributed by atoms with Crippen molar-refractivity contribution in [3.05, 3.63) is 42.0 Å². The summed E-state index contributed by atoms with van der Waals surface area (Å²) in [5, 5.41) is 3.44. The Morgan fingerprint density at radius 1 is 1.27 bits per heavy atom. The maximum Gasteiger partial charge on any atom is 0.136 e. The summed E-state index contributed by atoms with van der Waals surface area (Å²) >= 11 is 0. The van der Waals surface area contributed by atoms with Crippen molar-refractivity contribution in [2.45, 2.75) is 39.2 Å². The molecule has 1 unspecified atom stereocenters. The molecule has 1 aliphatic rings. The first kappa shape index (κ1) is 18.6. The Balaban J connectivity index is 1.68. The van der Waals surface area contributed by atoms with Crippen LogP contribution in [0.15, 0.2) is 30.5 Å². The van der Waals surface area contributed by atoms with Gasteiger partial charge in [0.1, 0.15) is 17.5 Å². The average molecular weight is 355 g/mol. The van der Waals surface area contributed by atoms with Crippen LogP contribution in [0.2, 0.25) is 0 Å². The van der Waals surface area contributed by atoms with E-state index in [4.69, 9.17) is 9.72 Å². The third kappa shape index (κ3) is 4.69. The minimum Gasteiger partial charge on any atom is -0.378 e. The first-order valence-corrected chi connectivity index (χ1v) is 9.23. The highest BCUT2D eigenvalue weighted by Gasteiger charge is 2.26. The number of hydrogen-bond donors (Lipinski definition) is 1. The molecule has 3 heterocycles. The van der Waals surface area contributed by atoms with Crippen molar-refractivity contribution in [3.8, 4) is 0 Å². The summed E-state index contributed by atoms with van der Waals surface area (Å²) in [6.07, 6.45) is 2.96. The van der Waals surface area contributed by atoms with Crippen molar-refractivity contribution in [2.24, 2.45) is 5.92 Å². The van der Waals surface area contributed by atoms with Gasteiger partial charge in [-0.1, -0.05) is 26.8 Å². The van der Waals surface area contributed by atoms with Gasteiger partial charge in [0.15, 0.2) is 0 Å². The maximum atomic E-state index is 5.30. The normalized spacial score (nSPS) is 17.5. The Hall–Kier alpha value is -2.21. The Kier molecular flexibility index (Phi) is 5.71. The second-order valence-corrected chi connectivity index (χ2v) is 7.92. The van der Waals surface area contributed by atoms with Crippen molar-refractivity contribution in [1.29, 1.82) is 0 Å². The fraction of sp³-hybridized carbons (Fsp3) is 0.550. The standard InChI is InChI=1S/C20H29N5O/c1-20(2,3)19-23-16(14-26-4)11-18(24-19)25-10-8-15(13-25)12-22-17-7-5-6-9-21-17/h5-7,9,11,15H,8,10,12-14H2,1-4H3,(H,21,22). The molecule has 1 saturated heterocycles. The largest absolute Gasteiger partial charge is 0.378 e. The molecule has 26 heavy (non-hydrogen) atoms. The lowest BCUT2D eigenvalue weighted by molar-refractivity contribution is 0.181. The Labute approximate surface area is 156 Å². The average Bonchev–Trinajstić information content (AvgIpc) is 3.09. The van der Waals surface area contributed by atoms with Crippen LogP contribution in [0.25, 0.3) is 0 Å². The third-order valence-corrected chi connectivity index (χ3v) is 4.58. The molecular formula is C20H29N5O. The lowest BCUT2D eigenvalue weighted by Crippen LogP contribution is -2.26. The predicted octanol–water partition coefficient (Wildman–Crippen LogP) is 3.25. The fourth-order valence-corrected chi connectivity index (χ4v) is 3.13. The topological polar surface area (TPSA) is 63.2 Å². The fourth-order valence-electron chi connectivity index (χ4n) is 3.13. The second kappa shape index (κ2) is 7.99. The van der Waals surface area contributed by atoms with Gasteiger partial charge >= 0.3 is 0 Å². The van der Waals surface area contributed by atoms with E-state index in [0.29, 0.717) is 12.5 Å². The van der Waals surface area contributed by atoms with Crippen molar-refractivity contribution in [3.63, 3.8) is 0 Å². The monoisotopic (exact) mass is 355 g/mol. The lowest BCUT2D eigenvalue weighted by atomic mass is 9.95. The van der Waals surface area contributed by atoms with Crippen LogP contribution in [0.1, 0.15) is 38.7 Å². The van der Waals surface area contributed by atoms with E-state index < -0.39 is 0 Å². The van der Waals surface area contributed by atoms with Crippen LogP contribution in [0.3, 0.4) is 0 Å². The van der Waals surface area contributed by atoms with Crippen molar-refractivity contribution >= 4 is 11.6 Å². The van der Waals surface area contributed by atoms with Gasteiger partial charge in [0, 0.05) is 44.4 Å². The van der Waals surface area contributed by atoms with Crippen molar-refractivity contribution < 1.29 is 4.74 Å². The van der Waals surface area contributed by atoms with Crippen LogP contribution in [0.4, 0.5) is 11.6 Å². The molecule has 0 spiro atoms. The number of pyridine rings is 1. The van der Waals surface area contributed by atoms with E-state index in [-0.39, 0.29) is 5.41 Å². The van der Waals surface area contributed by atoms with E-state index in [1.807, 2.05) is 24.4 Å². The molecule has 1 fully saturated rings. The molecular weight excluding hydrogens is 326 g/mol. The van der Waals surface area contributed by atoms with Gasteiger partial charge in [0.2, 0.25) is 0 Å². The molecule has 2 aromatic rings. The molecule has 0 bridgehead atoms. The van der Waals surface area contributed by atoms with Crippen LogP contribution in [-0.2, 0) is 16.8 Å². The molecule has 1 N–H and O–H groups in total. The van der Waals surface area contributed by atoms with E-state index in [1.54, 1.807) is 7.11 Å². The molecule has 0 saturated carbocycles. The van der Waals surface area contributed by atoms with Crippen LogP contribution in [0.5, 0.6) is 0 Å². The Morgan fingerprint density at radius 2 is 2.12 bits per heavy atom. The molecule has 3 rings (SSSR count). The first-order valence-electron chi connectivity index (χ1n) is 9.23. The Morgan fingerprint density at radius 3 is 2.81 bits per heavy atom. The second-order valence-electron chi connectivity index (χ2n) is 7.92. The predicted molar refractivity (Wildman–Crippen MR) is 104 cm³/mol. The number of anilines is 2. The zero-order chi connectivity index (χ0) is 18.6. The van der Waals surface area contributed by atoms with E-state index in [9.17, 15) is 0 Å². The number of ether oxygens (including phenoxy) is 1. The summed E-state index contributed by atoms with van der Waals surface area (Å²) in [7, 11) is 1.70. The van der Waals surface area contributed by atoms with Gasteiger partial charge < -0.3 is 15.0 Å². The van der Waals surface area contributed by atoms with Crippen molar-refractivity contribution in [1.82, 2.24) is 15.0 Å². The molecule has 6 nitrogen and oxygen atoms in total. The van der Waals surface area contributed by atoms with E-state index in [0.717, 1.165) is 49.2 Å². The van der Waals surface area contributed by atoms with E-state index >= 15 is 0 Å². The third-order valence-electron chi connectivity index (χ3n) is 4.58. The highest BCUT2D eigenvalue weighted by atomic mass is 16.5. The molecule has 0 aliphatic carbocycles. The molecule has 2 aromatic heterocycles. The maximum absolute atomic E-state index is 5.30. The summed E-state index contributed by atoms with van der Waals surface area (Å²) < 4.78 is 5.30. The van der Waals surface area contributed by atoms with Gasteiger partial charge in [0.05, 0.1) is 12.3 Å². The summed E-state index contributed by atoms with van der Waals surface area (Å²) in [6, 6.07) is 8.00. The smallest absolute Gasteiger partial charge is 0.136 e. The first-order chi connectivity index (χ1) is 12.5. The van der Waals surface area contributed by atoms with Gasteiger partial charge in [-0.25, -0.2) is 15.0 Å². The zero-order valence-corrected chi connectivity index (χ0v) is 16.2. The lowest BCUT2D eigenvalue weighted by Gasteiger charge is -2.23. The zero-order valence-electron chi connectivity index (χ0n) is 16.2. The summed E-state index contributed by atoms with van der Waals surface area (Å²) in [4.78, 5) is 16.2. The minimum absolute atomic E-state index is 0.0852. The number of rotatable bonds is 6. The van der Waals surface area contributed by atoms with Crippen LogP contribution >= 0.6 is 0 Å². The summed E-state index contributed by atoms with van der Waals surface area (Å²) in [6.45, 7) is 9.88. The molecule has 0 aromatic carbocycles. The van der Waals surface area contributed by atoms with Crippen LogP contribution in [-0.4, -0.2) is 41.7 Å². The minimum atomic E-state index is -0.0852. The van der Waals surface area contributed by atoms with E-state index in [1.165, 1.54) is 0 Å². The number of methoxy groups -OCH3 is 1. The number of aromatic nitrogens is 3. The number of hydrogen-bond acceptors (Lipinski definition) is 6. The molecule has 0 amide bonds. The number of nitrogens with zero attached hydrogens (tertiary/aromatic N) is 4. The highest BCUT2D eigenvalue weighted by molar-refractivity contribution is 5.42. The van der Waals surface area contributed by atoms with Crippen LogP contribution in [0, 0.1) is 5.92 Å². The molecule has 0 radical (unpaired) electrons. The molecule has 6 heteroatoms. The SMILES string of the molecule is COCc1cc(N2CCC(CNc3ccccn3)C2)nc(C(C)(C)C)n1. The highest BCUT2D eigenvalue weighted by Crippen LogP contribution is 2.26.